The van der Waals surface area contributed by atoms with Crippen molar-refractivity contribution in [2.45, 2.75) is 24.6 Å². The molecule has 3 N–H and O–H groups in total. The Morgan fingerprint density at radius 3 is 2.65 bits per heavy atom. The molecule has 4 atom stereocenters. The summed E-state index contributed by atoms with van der Waals surface area (Å²) in [5.41, 5.74) is 4.20. The highest BCUT2D eigenvalue weighted by molar-refractivity contribution is 9.10. The summed E-state index contributed by atoms with van der Waals surface area (Å²) in [6.45, 7) is 2.11. The van der Waals surface area contributed by atoms with E-state index in [0.29, 0.717) is 6.42 Å². The molecule has 2 aliphatic carbocycles. The van der Waals surface area contributed by atoms with E-state index in [1.807, 2.05) is 6.92 Å². The molecule has 2 saturated carbocycles. The van der Waals surface area contributed by atoms with Gasteiger partial charge >= 0.3 is 0 Å². The Morgan fingerprint density at radius 2 is 2.18 bits per heavy atom. The Hall–Kier alpha value is 0.0200. The molecule has 0 spiro atoms. The lowest BCUT2D eigenvalue weighted by Crippen LogP contribution is -2.47. The van der Waals surface area contributed by atoms with Crippen LogP contribution in [0.4, 0.5) is 0 Å². The summed E-state index contributed by atoms with van der Waals surface area (Å²) < 4.78 is 31.4. The minimum atomic E-state index is -4.19. The predicted molar refractivity (Wildman–Crippen MR) is 66.5 cm³/mol. The van der Waals surface area contributed by atoms with Crippen LogP contribution >= 0.6 is 15.9 Å². The maximum absolute atomic E-state index is 12.3. The van der Waals surface area contributed by atoms with Crippen molar-refractivity contribution < 1.29 is 17.8 Å². The van der Waals surface area contributed by atoms with Gasteiger partial charge in [-0.25, -0.2) is 0 Å². The van der Waals surface area contributed by atoms with Crippen molar-refractivity contribution in [2.24, 2.45) is 22.5 Å². The highest BCUT2D eigenvalue weighted by Crippen LogP contribution is 2.65. The number of rotatable bonds is 3. The molecule has 7 heteroatoms. The zero-order valence-corrected chi connectivity index (χ0v) is 11.9. The molecular weight excluding hydrogens is 310 g/mol. The zero-order valence-electron chi connectivity index (χ0n) is 9.52. The zero-order chi connectivity index (χ0) is 13.1. The molecule has 98 valence electrons. The molecule has 0 aliphatic heterocycles. The lowest BCUT2D eigenvalue weighted by atomic mass is 9.69. The lowest BCUT2D eigenvalue weighted by Gasteiger charge is -2.37. The maximum Gasteiger partial charge on any atom is 0.265 e. The minimum Gasteiger partial charge on any atom is -0.330 e. The first-order chi connectivity index (χ1) is 7.68. The SMILES string of the molecule is CC1(CN)C2CCC1(CS(=O)(=O)O)C(=O)C2Br. The molecule has 0 aromatic carbocycles. The summed E-state index contributed by atoms with van der Waals surface area (Å²) >= 11 is 3.34. The molecule has 0 aromatic rings. The molecule has 0 heterocycles. The second-order valence-electron chi connectivity index (χ2n) is 5.34. The van der Waals surface area contributed by atoms with Crippen LogP contribution in [-0.4, -0.2) is 35.9 Å². The summed E-state index contributed by atoms with van der Waals surface area (Å²) in [5, 5.41) is 0. The van der Waals surface area contributed by atoms with E-state index in [0.717, 1.165) is 6.42 Å². The number of fused-ring (bicyclic) bond motifs is 2. The van der Waals surface area contributed by atoms with Gasteiger partial charge in [0, 0.05) is 0 Å². The van der Waals surface area contributed by atoms with Gasteiger partial charge in [0.2, 0.25) is 0 Å². The largest absolute Gasteiger partial charge is 0.330 e. The van der Waals surface area contributed by atoms with Crippen molar-refractivity contribution in [3.05, 3.63) is 0 Å². The summed E-state index contributed by atoms with van der Waals surface area (Å²) in [7, 11) is -4.19. The molecule has 0 radical (unpaired) electrons. The van der Waals surface area contributed by atoms with Gasteiger partial charge in [0.15, 0.2) is 5.78 Å². The molecule has 0 saturated heterocycles. The summed E-state index contributed by atoms with van der Waals surface area (Å²) in [6, 6.07) is 0. The minimum absolute atomic E-state index is 0.0572. The molecule has 2 fully saturated rings. The van der Waals surface area contributed by atoms with E-state index in [-0.39, 0.29) is 23.1 Å². The van der Waals surface area contributed by atoms with Crippen molar-refractivity contribution in [3.63, 3.8) is 0 Å². The van der Waals surface area contributed by atoms with Gasteiger partial charge < -0.3 is 5.73 Å². The number of carbonyl (C=O) groups excluding carboxylic acids is 1. The quantitative estimate of drug-likeness (QED) is 0.584. The Bertz CT molecular complexity index is 465. The van der Waals surface area contributed by atoms with Crippen LogP contribution in [0.3, 0.4) is 0 Å². The molecule has 4 unspecified atom stereocenters. The normalized spacial score (nSPS) is 45.5. The molecule has 2 aliphatic rings. The Morgan fingerprint density at radius 1 is 1.59 bits per heavy atom. The molecule has 0 amide bonds. The molecule has 2 bridgehead atoms. The summed E-state index contributed by atoms with van der Waals surface area (Å²) in [4.78, 5) is 11.9. The number of alkyl halides is 1. The van der Waals surface area contributed by atoms with Crippen LogP contribution in [0.5, 0.6) is 0 Å². The fraction of sp³-hybridized carbons (Fsp3) is 0.900. The highest BCUT2D eigenvalue weighted by Gasteiger charge is 2.70. The standard InChI is InChI=1S/C10H16BrNO4S/c1-9(4-12)6-2-3-10(9,5-17(14,15)16)8(13)7(6)11/h6-7H,2-5,12H2,1H3,(H,14,15,16). The van der Waals surface area contributed by atoms with Gasteiger partial charge in [0.1, 0.15) is 0 Å². The predicted octanol–water partition coefficient (Wildman–Crippen LogP) is 0.582. The Balaban J connectivity index is 2.52. The van der Waals surface area contributed by atoms with Crippen LogP contribution in [0.25, 0.3) is 0 Å². The average molecular weight is 326 g/mol. The van der Waals surface area contributed by atoms with Crippen LogP contribution in [0.2, 0.25) is 0 Å². The maximum atomic E-state index is 12.3. The first-order valence-corrected chi connectivity index (χ1v) is 8.04. The lowest BCUT2D eigenvalue weighted by molar-refractivity contribution is -0.127. The third kappa shape index (κ3) is 1.63. The number of hydrogen-bond acceptors (Lipinski definition) is 4. The van der Waals surface area contributed by atoms with Gasteiger partial charge in [-0.05, 0) is 30.7 Å². The molecule has 0 aromatic heterocycles. The van der Waals surface area contributed by atoms with E-state index in [1.165, 1.54) is 0 Å². The second kappa shape index (κ2) is 3.76. The fourth-order valence-electron chi connectivity index (χ4n) is 3.65. The van der Waals surface area contributed by atoms with Crippen molar-refractivity contribution in [2.75, 3.05) is 12.3 Å². The van der Waals surface area contributed by atoms with Gasteiger partial charge in [-0.2, -0.15) is 8.42 Å². The summed E-state index contributed by atoms with van der Waals surface area (Å²) in [6.07, 6.45) is 1.26. The van der Waals surface area contributed by atoms with E-state index in [1.54, 1.807) is 0 Å². The van der Waals surface area contributed by atoms with E-state index in [9.17, 15) is 13.2 Å². The van der Waals surface area contributed by atoms with Crippen LogP contribution < -0.4 is 5.73 Å². The van der Waals surface area contributed by atoms with Crippen molar-refractivity contribution in [1.29, 1.82) is 0 Å². The van der Waals surface area contributed by atoms with Crippen LogP contribution in [0, 0.1) is 16.7 Å². The van der Waals surface area contributed by atoms with Crippen LogP contribution in [0.1, 0.15) is 19.8 Å². The van der Waals surface area contributed by atoms with Crippen LogP contribution in [0.15, 0.2) is 0 Å². The third-order valence-electron chi connectivity index (χ3n) is 4.72. The number of Topliss-reactive ketones (excluding diaryl/α,β-unsaturated/α-hetero) is 1. The molecular formula is C10H16BrNO4S. The number of halogens is 1. The monoisotopic (exact) mass is 325 g/mol. The average Bonchev–Trinajstić information content (AvgIpc) is 2.55. The molecule has 2 rings (SSSR count). The van der Waals surface area contributed by atoms with Gasteiger partial charge in [-0.1, -0.05) is 22.9 Å². The van der Waals surface area contributed by atoms with Gasteiger partial charge in [-0.15, -0.1) is 0 Å². The van der Waals surface area contributed by atoms with E-state index >= 15 is 0 Å². The number of ketones is 1. The van der Waals surface area contributed by atoms with Crippen molar-refractivity contribution in [1.82, 2.24) is 0 Å². The number of nitrogens with two attached hydrogens (primary N) is 1. The third-order valence-corrected chi connectivity index (χ3v) is 6.63. The number of hydrogen-bond donors (Lipinski definition) is 2. The first kappa shape index (κ1) is 13.5. The van der Waals surface area contributed by atoms with Gasteiger partial charge in [-0.3, -0.25) is 9.35 Å². The van der Waals surface area contributed by atoms with Gasteiger partial charge in [0.05, 0.1) is 16.0 Å². The Kier molecular flexibility index (Phi) is 2.97. The number of carbonyl (C=O) groups is 1. The van der Waals surface area contributed by atoms with E-state index in [2.05, 4.69) is 15.9 Å². The van der Waals surface area contributed by atoms with Crippen LogP contribution in [-0.2, 0) is 14.9 Å². The van der Waals surface area contributed by atoms with Gasteiger partial charge in [0.25, 0.3) is 10.1 Å². The first-order valence-electron chi connectivity index (χ1n) is 5.51. The van der Waals surface area contributed by atoms with Crippen molar-refractivity contribution in [3.8, 4) is 0 Å². The molecule has 5 nitrogen and oxygen atoms in total. The van der Waals surface area contributed by atoms with E-state index in [4.69, 9.17) is 10.3 Å². The smallest absolute Gasteiger partial charge is 0.265 e. The highest BCUT2D eigenvalue weighted by atomic mass is 79.9. The second-order valence-corrected chi connectivity index (χ2v) is 7.78. The summed E-state index contributed by atoms with van der Waals surface area (Å²) in [5.74, 6) is -0.577. The van der Waals surface area contributed by atoms with Crippen molar-refractivity contribution >= 4 is 31.8 Å². The fourth-order valence-corrected chi connectivity index (χ4v) is 6.17. The van der Waals surface area contributed by atoms with E-state index < -0.39 is 26.7 Å². The topological polar surface area (TPSA) is 97.5 Å². The molecule has 17 heavy (non-hydrogen) atoms. The Labute approximate surface area is 109 Å².